The Morgan fingerprint density at radius 2 is 1.00 bits per heavy atom. The number of allylic oxidation sites excluding steroid dienone is 6. The van der Waals surface area contributed by atoms with Crippen molar-refractivity contribution in [1.82, 2.24) is 0 Å². The van der Waals surface area contributed by atoms with Crippen LogP contribution in [0.15, 0.2) is 34.9 Å². The summed E-state index contributed by atoms with van der Waals surface area (Å²) < 4.78 is 6.47. The van der Waals surface area contributed by atoms with E-state index in [2.05, 4.69) is 18.2 Å². The molecule has 0 unspecified atom stereocenters. The van der Waals surface area contributed by atoms with Crippen molar-refractivity contribution in [1.29, 1.82) is 0 Å². The SMILES string of the molecule is CO[Si](CCC1=CCCCC1)(CCC1=CCCCC1)CCC1=CCCCC1. The number of hydrogen-bond donors (Lipinski definition) is 0. The maximum Gasteiger partial charge on any atom is 0.193 e. The van der Waals surface area contributed by atoms with Gasteiger partial charge in [0.25, 0.3) is 0 Å². The topological polar surface area (TPSA) is 9.23 Å². The standard InChI is InChI=1S/C25H42OSi/c1-26-27(20-17-23-11-5-2-6-12-23,21-18-24-13-7-3-8-14-24)22-19-25-15-9-4-10-16-25/h11,13,15H,2-10,12,14,16-22H2,1H3. The summed E-state index contributed by atoms with van der Waals surface area (Å²) in [6.07, 6.45) is 28.0. The molecule has 0 spiro atoms. The zero-order valence-corrected chi connectivity index (χ0v) is 18.9. The third-order valence-corrected chi connectivity index (χ3v) is 11.6. The van der Waals surface area contributed by atoms with Crippen LogP contribution in [0.1, 0.15) is 96.3 Å². The molecular weight excluding hydrogens is 344 g/mol. The van der Waals surface area contributed by atoms with E-state index in [-0.39, 0.29) is 0 Å². The zero-order chi connectivity index (χ0) is 18.8. The van der Waals surface area contributed by atoms with Crippen LogP contribution in [0.3, 0.4) is 0 Å². The molecule has 3 aliphatic carbocycles. The Balaban J connectivity index is 1.61. The Kier molecular flexibility index (Phi) is 8.92. The maximum atomic E-state index is 6.47. The fraction of sp³-hybridized carbons (Fsp3) is 0.760. The molecule has 0 aromatic carbocycles. The Labute approximate surface area is 169 Å². The van der Waals surface area contributed by atoms with Crippen molar-refractivity contribution in [2.45, 2.75) is 114 Å². The van der Waals surface area contributed by atoms with E-state index in [4.69, 9.17) is 4.43 Å². The van der Waals surface area contributed by atoms with Crippen LogP contribution in [0.2, 0.25) is 18.1 Å². The van der Waals surface area contributed by atoms with Crippen LogP contribution >= 0.6 is 0 Å². The highest BCUT2D eigenvalue weighted by Crippen LogP contribution is 2.35. The van der Waals surface area contributed by atoms with Crippen molar-refractivity contribution in [3.05, 3.63) is 34.9 Å². The average Bonchev–Trinajstić information content (AvgIpc) is 2.76. The van der Waals surface area contributed by atoms with Gasteiger partial charge in [-0.05, 0) is 114 Å². The van der Waals surface area contributed by atoms with Gasteiger partial charge in [0, 0.05) is 7.11 Å². The Morgan fingerprint density at radius 3 is 1.26 bits per heavy atom. The fourth-order valence-corrected chi connectivity index (χ4v) is 8.93. The van der Waals surface area contributed by atoms with Crippen LogP contribution in [-0.4, -0.2) is 15.4 Å². The van der Waals surface area contributed by atoms with E-state index in [0.29, 0.717) is 0 Å². The summed E-state index contributed by atoms with van der Waals surface area (Å²) in [5.41, 5.74) is 5.22. The fourth-order valence-electron chi connectivity index (χ4n) is 5.24. The van der Waals surface area contributed by atoms with Gasteiger partial charge in [-0.3, -0.25) is 0 Å². The lowest BCUT2D eigenvalue weighted by Crippen LogP contribution is -2.37. The molecule has 2 heteroatoms. The molecule has 27 heavy (non-hydrogen) atoms. The molecule has 0 aromatic heterocycles. The summed E-state index contributed by atoms with van der Waals surface area (Å²) >= 11 is 0. The normalized spacial score (nSPS) is 21.4. The van der Waals surface area contributed by atoms with E-state index in [1.54, 1.807) is 16.7 Å². The Bertz CT molecular complexity index is 468. The number of hydrogen-bond acceptors (Lipinski definition) is 1. The van der Waals surface area contributed by atoms with Crippen LogP contribution in [0, 0.1) is 0 Å². The lowest BCUT2D eigenvalue weighted by atomic mass is 9.98. The van der Waals surface area contributed by atoms with Crippen molar-refractivity contribution in [2.75, 3.05) is 7.11 Å². The lowest BCUT2D eigenvalue weighted by molar-refractivity contribution is 0.386. The van der Waals surface area contributed by atoms with E-state index in [0.717, 1.165) is 0 Å². The Hall–Kier alpha value is -0.603. The molecule has 0 radical (unpaired) electrons. The molecule has 0 saturated heterocycles. The molecule has 0 aromatic rings. The third kappa shape index (κ3) is 7.05. The second-order valence-corrected chi connectivity index (χ2v) is 13.5. The van der Waals surface area contributed by atoms with E-state index in [1.165, 1.54) is 114 Å². The van der Waals surface area contributed by atoms with Crippen molar-refractivity contribution in [2.24, 2.45) is 0 Å². The van der Waals surface area contributed by atoms with Gasteiger partial charge < -0.3 is 4.43 Å². The molecule has 0 aliphatic heterocycles. The van der Waals surface area contributed by atoms with Gasteiger partial charge in [0.05, 0.1) is 0 Å². The largest absolute Gasteiger partial charge is 0.420 e. The molecule has 0 amide bonds. The summed E-state index contributed by atoms with van der Waals surface area (Å²) in [5, 5.41) is 0. The van der Waals surface area contributed by atoms with E-state index in [9.17, 15) is 0 Å². The van der Waals surface area contributed by atoms with Crippen molar-refractivity contribution >= 4 is 8.32 Å². The molecule has 1 nitrogen and oxygen atoms in total. The van der Waals surface area contributed by atoms with Gasteiger partial charge >= 0.3 is 0 Å². The molecule has 152 valence electrons. The quantitative estimate of drug-likeness (QED) is 0.271. The molecule has 3 aliphatic rings. The average molecular weight is 387 g/mol. The van der Waals surface area contributed by atoms with Gasteiger partial charge in [-0.25, -0.2) is 0 Å². The minimum absolute atomic E-state index is 1.32. The van der Waals surface area contributed by atoms with Gasteiger partial charge in [0.2, 0.25) is 0 Å². The summed E-state index contributed by atoms with van der Waals surface area (Å²) in [7, 11) is 0.404. The van der Waals surface area contributed by atoms with Crippen LogP contribution in [0.5, 0.6) is 0 Å². The smallest absolute Gasteiger partial charge is 0.193 e. The highest BCUT2D eigenvalue weighted by atomic mass is 28.4. The van der Waals surface area contributed by atoms with Crippen molar-refractivity contribution in [3.63, 3.8) is 0 Å². The van der Waals surface area contributed by atoms with Gasteiger partial charge in [0.15, 0.2) is 8.32 Å². The first-order valence-electron chi connectivity index (χ1n) is 11.9. The Morgan fingerprint density at radius 1 is 0.630 bits per heavy atom. The first-order valence-corrected chi connectivity index (χ1v) is 14.4. The maximum absolute atomic E-state index is 6.47. The zero-order valence-electron chi connectivity index (χ0n) is 17.9. The predicted octanol–water partition coefficient (Wildman–Crippen LogP) is 8.25. The minimum Gasteiger partial charge on any atom is -0.420 e. The first-order chi connectivity index (χ1) is 13.3. The van der Waals surface area contributed by atoms with Gasteiger partial charge in [0.1, 0.15) is 0 Å². The monoisotopic (exact) mass is 386 g/mol. The van der Waals surface area contributed by atoms with Crippen LogP contribution in [-0.2, 0) is 4.43 Å². The molecule has 0 heterocycles. The van der Waals surface area contributed by atoms with Crippen molar-refractivity contribution < 1.29 is 4.43 Å². The molecule has 0 saturated carbocycles. The van der Waals surface area contributed by atoms with Gasteiger partial charge in [-0.2, -0.15) is 0 Å². The van der Waals surface area contributed by atoms with Crippen LogP contribution in [0.25, 0.3) is 0 Å². The van der Waals surface area contributed by atoms with Crippen LogP contribution in [0.4, 0.5) is 0 Å². The van der Waals surface area contributed by atoms with E-state index in [1.807, 2.05) is 7.11 Å². The van der Waals surface area contributed by atoms with E-state index >= 15 is 0 Å². The molecule has 0 atom stereocenters. The lowest BCUT2D eigenvalue weighted by Gasteiger charge is -2.32. The summed E-state index contributed by atoms with van der Waals surface area (Å²) in [5.74, 6) is 0. The van der Waals surface area contributed by atoms with Gasteiger partial charge in [-0.1, -0.05) is 34.9 Å². The molecular formula is C25H42OSi. The second-order valence-electron chi connectivity index (χ2n) is 9.21. The summed E-state index contributed by atoms with van der Waals surface area (Å²) in [4.78, 5) is 0. The predicted molar refractivity (Wildman–Crippen MR) is 121 cm³/mol. The van der Waals surface area contributed by atoms with Crippen molar-refractivity contribution in [3.8, 4) is 0 Å². The second kappa shape index (κ2) is 11.4. The van der Waals surface area contributed by atoms with E-state index < -0.39 is 8.32 Å². The highest BCUT2D eigenvalue weighted by molar-refractivity contribution is 6.73. The highest BCUT2D eigenvalue weighted by Gasteiger charge is 2.34. The summed E-state index contributed by atoms with van der Waals surface area (Å²) in [6, 6.07) is 4.07. The van der Waals surface area contributed by atoms with Crippen LogP contribution < -0.4 is 0 Å². The molecule has 0 fully saturated rings. The summed E-state index contributed by atoms with van der Waals surface area (Å²) in [6.45, 7) is 0. The first kappa shape index (κ1) is 21.1. The number of rotatable bonds is 10. The minimum atomic E-state index is -1.64. The third-order valence-electron chi connectivity index (χ3n) is 7.29. The molecule has 0 N–H and O–H groups in total. The molecule has 0 bridgehead atoms. The van der Waals surface area contributed by atoms with Gasteiger partial charge in [-0.15, -0.1) is 0 Å². The molecule has 3 rings (SSSR count).